The minimum absolute atomic E-state index is 0.0543. The maximum atomic E-state index is 12.9. The summed E-state index contributed by atoms with van der Waals surface area (Å²) in [6.45, 7) is 2.68. The Morgan fingerprint density at radius 3 is 2.38 bits per heavy atom. The van der Waals surface area contributed by atoms with Crippen molar-refractivity contribution in [1.29, 1.82) is 0 Å². The van der Waals surface area contributed by atoms with Gasteiger partial charge in [0.05, 0.1) is 44.5 Å². The summed E-state index contributed by atoms with van der Waals surface area (Å²) >= 11 is 0. The number of nitrogens with zero attached hydrogens (tertiary/aromatic N) is 1. The zero-order valence-electron chi connectivity index (χ0n) is 29.5. The molecule has 52 heavy (non-hydrogen) atoms. The number of rotatable bonds is 12. The van der Waals surface area contributed by atoms with Gasteiger partial charge in [-0.3, -0.25) is 14.9 Å². The molecule has 6 N–H and O–H groups in total. The molecule has 2 heterocycles. The van der Waals surface area contributed by atoms with Crippen LogP contribution in [0.2, 0.25) is 0 Å². The number of fused-ring (bicyclic) bond motifs is 1. The number of hydrogen-bond acceptors (Lipinski definition) is 7. The average Bonchev–Trinajstić information content (AvgIpc) is 3.13. The molecule has 4 aromatic carbocycles. The number of aromatic nitrogens is 1. The van der Waals surface area contributed by atoms with Crippen LogP contribution < -0.4 is 21.5 Å². The number of phenolic OH excluding ortho intramolecular Hbond substituents is 1. The SMILES string of the molecule is C[N+]1(C)CCC(OC(=O)Nc2ccc(CCC(=O)Nc3ccc(CNC[C@@H](O)c4ccc(O)c5[nH]c(=O)ccc45)cc3)cc2-c2ccccc2)CC1. The molecular weight excluding hydrogens is 658 g/mol. The minimum Gasteiger partial charge on any atom is -0.506 e. The zero-order chi connectivity index (χ0) is 36.7. The number of carbonyl (C=O) groups is 2. The van der Waals surface area contributed by atoms with Crippen LogP contribution in [0.4, 0.5) is 16.2 Å². The topological polar surface area (TPSA) is 153 Å². The van der Waals surface area contributed by atoms with Gasteiger partial charge in [0, 0.05) is 55.1 Å². The van der Waals surface area contributed by atoms with Crippen LogP contribution in [0.25, 0.3) is 22.0 Å². The number of nitrogens with one attached hydrogen (secondary N) is 4. The Hall–Kier alpha value is -5.49. The number of carbonyl (C=O) groups excluding carboxylic acids is 2. The first-order chi connectivity index (χ1) is 25.0. The van der Waals surface area contributed by atoms with Gasteiger partial charge >= 0.3 is 6.09 Å². The van der Waals surface area contributed by atoms with Crippen molar-refractivity contribution in [1.82, 2.24) is 10.3 Å². The maximum absolute atomic E-state index is 12.9. The number of piperidine rings is 1. The van der Waals surface area contributed by atoms with E-state index in [0.29, 0.717) is 40.8 Å². The van der Waals surface area contributed by atoms with Crippen molar-refractivity contribution in [2.45, 2.75) is 44.4 Å². The molecule has 0 unspecified atom stereocenters. The van der Waals surface area contributed by atoms with Crippen LogP contribution >= 0.6 is 0 Å². The van der Waals surface area contributed by atoms with Gasteiger partial charge in [0.25, 0.3) is 0 Å². The number of aromatic amines is 1. The third kappa shape index (κ3) is 9.43. The van der Waals surface area contributed by atoms with Crippen LogP contribution in [0.5, 0.6) is 5.75 Å². The van der Waals surface area contributed by atoms with Crippen molar-refractivity contribution in [3.8, 4) is 16.9 Å². The van der Waals surface area contributed by atoms with E-state index in [9.17, 15) is 24.6 Å². The lowest BCUT2D eigenvalue weighted by Gasteiger charge is -2.36. The maximum Gasteiger partial charge on any atom is 0.411 e. The molecule has 270 valence electrons. The summed E-state index contributed by atoms with van der Waals surface area (Å²) < 4.78 is 6.71. The third-order valence-electron chi connectivity index (χ3n) is 9.60. The summed E-state index contributed by atoms with van der Waals surface area (Å²) in [6.07, 6.45) is 1.07. The third-order valence-corrected chi connectivity index (χ3v) is 9.60. The predicted molar refractivity (Wildman–Crippen MR) is 203 cm³/mol. The summed E-state index contributed by atoms with van der Waals surface area (Å²) in [5.74, 6) is -0.167. The number of aryl methyl sites for hydroxylation is 1. The van der Waals surface area contributed by atoms with Crippen LogP contribution in [-0.2, 0) is 22.5 Å². The number of phenols is 1. The number of H-pyrrole nitrogens is 1. The van der Waals surface area contributed by atoms with E-state index in [2.05, 4.69) is 35.0 Å². The number of hydrogen-bond donors (Lipinski definition) is 6. The van der Waals surface area contributed by atoms with E-state index in [4.69, 9.17) is 4.74 Å². The molecule has 0 spiro atoms. The second kappa shape index (κ2) is 16.2. The normalized spacial score (nSPS) is 14.8. The Balaban J connectivity index is 0.998. The van der Waals surface area contributed by atoms with E-state index in [1.807, 2.05) is 72.8 Å². The van der Waals surface area contributed by atoms with Crippen molar-refractivity contribution >= 4 is 34.3 Å². The monoisotopic (exact) mass is 704 g/mol. The Labute approximate surface area is 302 Å². The molecule has 6 rings (SSSR count). The first-order valence-corrected chi connectivity index (χ1v) is 17.6. The number of likely N-dealkylation sites (tertiary alicyclic amines) is 1. The highest BCUT2D eigenvalue weighted by molar-refractivity contribution is 5.93. The van der Waals surface area contributed by atoms with E-state index in [-0.39, 0.29) is 36.3 Å². The highest BCUT2D eigenvalue weighted by atomic mass is 16.6. The van der Waals surface area contributed by atoms with Gasteiger partial charge in [-0.1, -0.05) is 54.6 Å². The van der Waals surface area contributed by atoms with Crippen molar-refractivity contribution in [2.24, 2.45) is 0 Å². The van der Waals surface area contributed by atoms with E-state index in [1.165, 1.54) is 12.1 Å². The van der Waals surface area contributed by atoms with Crippen molar-refractivity contribution in [3.05, 3.63) is 124 Å². The Morgan fingerprint density at radius 1 is 0.904 bits per heavy atom. The molecule has 5 aromatic rings. The number of pyridine rings is 1. The van der Waals surface area contributed by atoms with Crippen LogP contribution in [0, 0.1) is 0 Å². The van der Waals surface area contributed by atoms with Crippen LogP contribution in [0.3, 0.4) is 0 Å². The number of aromatic hydroxyl groups is 1. The molecule has 1 fully saturated rings. The number of aliphatic hydroxyl groups excluding tert-OH is 1. The molecule has 0 radical (unpaired) electrons. The Bertz CT molecular complexity index is 2070. The van der Waals surface area contributed by atoms with Gasteiger partial charge in [-0.05, 0) is 65.1 Å². The highest BCUT2D eigenvalue weighted by Gasteiger charge is 2.28. The molecule has 1 aliphatic rings. The lowest BCUT2D eigenvalue weighted by molar-refractivity contribution is -0.896. The van der Waals surface area contributed by atoms with Gasteiger partial charge in [0.2, 0.25) is 11.5 Å². The van der Waals surface area contributed by atoms with Crippen LogP contribution in [-0.4, -0.2) is 71.5 Å². The molecule has 2 amide bonds. The first-order valence-electron chi connectivity index (χ1n) is 17.6. The number of anilines is 2. The molecule has 0 aliphatic carbocycles. The van der Waals surface area contributed by atoms with E-state index < -0.39 is 12.2 Å². The number of benzene rings is 4. The largest absolute Gasteiger partial charge is 0.506 e. The second-order valence-corrected chi connectivity index (χ2v) is 14.0. The van der Waals surface area contributed by atoms with Gasteiger partial charge in [-0.15, -0.1) is 0 Å². The fraction of sp³-hybridized carbons (Fsp3) is 0.293. The van der Waals surface area contributed by atoms with Gasteiger partial charge < -0.3 is 35.1 Å². The zero-order valence-corrected chi connectivity index (χ0v) is 29.5. The number of ether oxygens (including phenoxy) is 1. The van der Waals surface area contributed by atoms with Crippen molar-refractivity contribution in [3.63, 3.8) is 0 Å². The van der Waals surface area contributed by atoms with Gasteiger partial charge in [-0.25, -0.2) is 4.79 Å². The summed E-state index contributed by atoms with van der Waals surface area (Å²) in [6, 6.07) is 29.2. The molecule has 11 heteroatoms. The molecule has 1 saturated heterocycles. The smallest absolute Gasteiger partial charge is 0.411 e. The lowest BCUT2D eigenvalue weighted by atomic mass is 9.99. The minimum atomic E-state index is -0.862. The van der Waals surface area contributed by atoms with Gasteiger partial charge in [0.1, 0.15) is 11.9 Å². The number of amides is 2. The van der Waals surface area contributed by atoms with Crippen molar-refractivity contribution < 1.29 is 29.0 Å². The molecule has 1 aliphatic heterocycles. The molecule has 1 aromatic heterocycles. The number of aliphatic hydroxyl groups is 1. The summed E-state index contributed by atoms with van der Waals surface area (Å²) in [5, 5.41) is 30.7. The molecule has 0 saturated carbocycles. The molecular formula is C41H46N5O6+. The summed E-state index contributed by atoms with van der Waals surface area (Å²) in [5.41, 5.74) is 5.65. The molecule has 1 atom stereocenters. The Kier molecular flexibility index (Phi) is 11.3. The number of quaternary nitrogens is 1. The second-order valence-electron chi connectivity index (χ2n) is 14.0. The molecule has 0 bridgehead atoms. The fourth-order valence-corrected chi connectivity index (χ4v) is 6.56. The highest BCUT2D eigenvalue weighted by Crippen LogP contribution is 2.31. The predicted octanol–water partition coefficient (Wildman–Crippen LogP) is 6.08. The quantitative estimate of drug-likeness (QED) is 0.0861. The van der Waals surface area contributed by atoms with E-state index >= 15 is 0 Å². The van der Waals surface area contributed by atoms with Crippen LogP contribution in [0.15, 0.2) is 102 Å². The first kappa shape index (κ1) is 36.3. The average molecular weight is 705 g/mol. The molecule has 11 nitrogen and oxygen atoms in total. The van der Waals surface area contributed by atoms with Gasteiger partial charge in [-0.2, -0.15) is 0 Å². The van der Waals surface area contributed by atoms with Gasteiger partial charge in [0.15, 0.2) is 0 Å². The Morgan fingerprint density at radius 2 is 1.63 bits per heavy atom. The van der Waals surface area contributed by atoms with Crippen molar-refractivity contribution in [2.75, 3.05) is 44.4 Å². The summed E-state index contributed by atoms with van der Waals surface area (Å²) in [4.78, 5) is 40.1. The van der Waals surface area contributed by atoms with E-state index in [1.54, 1.807) is 12.1 Å². The van der Waals surface area contributed by atoms with E-state index in [0.717, 1.165) is 52.7 Å². The fourth-order valence-electron chi connectivity index (χ4n) is 6.56. The van der Waals surface area contributed by atoms with Crippen LogP contribution in [0.1, 0.15) is 42.1 Å². The lowest BCUT2D eigenvalue weighted by Crippen LogP contribution is -2.48. The summed E-state index contributed by atoms with van der Waals surface area (Å²) in [7, 11) is 4.38. The standard InChI is InChI=1S/C41H45N5O6/c1-46(2)22-20-31(21-23-46)52-41(51)44-35-16-10-27(24-34(35)29-6-4-3-5-7-29)11-18-38(49)43-30-12-8-28(9-13-30)25-42-26-37(48)32-14-17-36(47)40-33(32)15-19-39(50)45-40/h3-10,12-17,19,24,31,37,42,48H,11,18,20-23,25-26H2,1-2H3,(H3-,43,44,45,47,49,50,51)/p+1/t37-/m1/s1.